The van der Waals surface area contributed by atoms with E-state index >= 15 is 0 Å². The second-order valence-corrected chi connectivity index (χ2v) is 5.65. The third-order valence-electron chi connectivity index (χ3n) is 3.08. The molecule has 1 aromatic carbocycles. The average Bonchev–Trinajstić information content (AvgIpc) is 3.12. The van der Waals surface area contributed by atoms with Crippen LogP contribution in [0.3, 0.4) is 0 Å². The van der Waals surface area contributed by atoms with Crippen LogP contribution in [0.25, 0.3) is 10.2 Å². The van der Waals surface area contributed by atoms with Gasteiger partial charge >= 0.3 is 0 Å². The molecule has 1 aliphatic rings. The van der Waals surface area contributed by atoms with Crippen molar-refractivity contribution in [1.82, 2.24) is 9.97 Å². The smallest absolute Gasteiger partial charge is 0.231 e. The first-order valence-electron chi connectivity index (χ1n) is 6.22. The number of benzene rings is 1. The second-order valence-electron chi connectivity index (χ2n) is 4.41. The van der Waals surface area contributed by atoms with Gasteiger partial charge in [0.2, 0.25) is 18.0 Å². The number of hydrogen-bond donors (Lipinski definition) is 0. The zero-order chi connectivity index (χ0) is 14.2. The SMILES string of the molecule is Clc1nc(OCc2ccc3c(c2)OCO3)c2ccsc2n1. The molecule has 0 amide bonds. The molecule has 3 heterocycles. The summed E-state index contributed by atoms with van der Waals surface area (Å²) in [4.78, 5) is 9.11. The Morgan fingerprint density at radius 1 is 1.19 bits per heavy atom. The minimum atomic E-state index is 0.186. The van der Waals surface area contributed by atoms with Gasteiger partial charge in [-0.15, -0.1) is 11.3 Å². The molecule has 106 valence electrons. The van der Waals surface area contributed by atoms with Crippen LogP contribution in [0.2, 0.25) is 5.28 Å². The fourth-order valence-corrected chi connectivity index (χ4v) is 3.06. The molecule has 7 heteroatoms. The highest BCUT2D eigenvalue weighted by Gasteiger charge is 2.14. The van der Waals surface area contributed by atoms with E-state index in [9.17, 15) is 0 Å². The fraction of sp³-hybridized carbons (Fsp3) is 0.143. The Labute approximate surface area is 129 Å². The van der Waals surface area contributed by atoms with Crippen LogP contribution in [0, 0.1) is 0 Å². The maximum Gasteiger partial charge on any atom is 0.231 e. The molecule has 0 saturated carbocycles. The molecule has 0 N–H and O–H groups in total. The molecule has 1 aliphatic heterocycles. The Bertz CT molecular complexity index is 821. The average molecular weight is 321 g/mol. The first-order chi connectivity index (χ1) is 10.3. The number of aromatic nitrogens is 2. The van der Waals surface area contributed by atoms with Crippen molar-refractivity contribution >= 4 is 33.2 Å². The Hall–Kier alpha value is -2.05. The van der Waals surface area contributed by atoms with Crippen molar-refractivity contribution in [3.8, 4) is 17.4 Å². The summed E-state index contributed by atoms with van der Waals surface area (Å²) in [5, 5.41) is 2.99. The zero-order valence-electron chi connectivity index (χ0n) is 10.7. The topological polar surface area (TPSA) is 53.5 Å². The van der Waals surface area contributed by atoms with Gasteiger partial charge in [0.05, 0.1) is 5.39 Å². The van der Waals surface area contributed by atoms with Crippen LogP contribution >= 0.6 is 22.9 Å². The first kappa shape index (κ1) is 12.7. The molecule has 0 atom stereocenters. The Kier molecular flexibility index (Phi) is 3.05. The lowest BCUT2D eigenvalue weighted by Gasteiger charge is -2.07. The summed E-state index contributed by atoms with van der Waals surface area (Å²) < 4.78 is 16.4. The van der Waals surface area contributed by atoms with Gasteiger partial charge in [-0.25, -0.2) is 4.98 Å². The van der Waals surface area contributed by atoms with Gasteiger partial charge in [0.15, 0.2) is 11.5 Å². The summed E-state index contributed by atoms with van der Waals surface area (Å²) in [6.45, 7) is 0.631. The molecule has 21 heavy (non-hydrogen) atoms. The molecule has 2 aromatic heterocycles. The molecule has 0 fully saturated rings. The van der Waals surface area contributed by atoms with E-state index in [2.05, 4.69) is 9.97 Å². The molecule has 0 bridgehead atoms. The summed E-state index contributed by atoms with van der Waals surface area (Å²) >= 11 is 7.41. The van der Waals surface area contributed by atoms with Crippen LogP contribution in [-0.2, 0) is 6.61 Å². The minimum absolute atomic E-state index is 0.186. The van der Waals surface area contributed by atoms with Gasteiger partial charge in [0, 0.05) is 0 Å². The van der Waals surface area contributed by atoms with Crippen molar-refractivity contribution in [1.29, 1.82) is 0 Å². The highest BCUT2D eigenvalue weighted by molar-refractivity contribution is 7.16. The molecule has 0 radical (unpaired) electrons. The van der Waals surface area contributed by atoms with Crippen LogP contribution in [0.4, 0.5) is 0 Å². The lowest BCUT2D eigenvalue weighted by Crippen LogP contribution is -1.98. The second kappa shape index (κ2) is 5.05. The number of nitrogens with zero attached hydrogens (tertiary/aromatic N) is 2. The maximum atomic E-state index is 5.91. The third-order valence-corrected chi connectivity index (χ3v) is 4.05. The number of ether oxygens (including phenoxy) is 3. The first-order valence-corrected chi connectivity index (χ1v) is 7.47. The molecule has 0 aliphatic carbocycles. The predicted octanol–water partition coefficient (Wildman–Crippen LogP) is 3.65. The number of halogens is 1. The van der Waals surface area contributed by atoms with E-state index < -0.39 is 0 Å². The van der Waals surface area contributed by atoms with Crippen molar-refractivity contribution < 1.29 is 14.2 Å². The number of fused-ring (bicyclic) bond motifs is 2. The lowest BCUT2D eigenvalue weighted by atomic mass is 10.2. The molecular formula is C14H9ClN2O3S. The summed E-state index contributed by atoms with van der Waals surface area (Å²) in [7, 11) is 0. The summed E-state index contributed by atoms with van der Waals surface area (Å²) in [5.74, 6) is 1.98. The summed E-state index contributed by atoms with van der Waals surface area (Å²) in [6.07, 6.45) is 0. The predicted molar refractivity (Wildman–Crippen MR) is 79.3 cm³/mol. The Morgan fingerprint density at radius 3 is 3.05 bits per heavy atom. The standard InChI is InChI=1S/C14H9ClN2O3S/c15-14-16-12(9-3-4-21-13(9)17-14)18-6-8-1-2-10-11(5-8)20-7-19-10/h1-5H,6-7H2. The van der Waals surface area contributed by atoms with Crippen molar-refractivity contribution in [3.05, 3.63) is 40.5 Å². The molecule has 4 rings (SSSR count). The highest BCUT2D eigenvalue weighted by Crippen LogP contribution is 2.33. The van der Waals surface area contributed by atoms with E-state index in [0.29, 0.717) is 12.5 Å². The largest absolute Gasteiger partial charge is 0.472 e. The lowest BCUT2D eigenvalue weighted by molar-refractivity contribution is 0.174. The molecule has 0 unspecified atom stereocenters. The van der Waals surface area contributed by atoms with Crippen LogP contribution < -0.4 is 14.2 Å². The van der Waals surface area contributed by atoms with Gasteiger partial charge < -0.3 is 14.2 Å². The molecule has 5 nitrogen and oxygen atoms in total. The third kappa shape index (κ3) is 2.36. The van der Waals surface area contributed by atoms with Crippen LogP contribution in [0.5, 0.6) is 17.4 Å². The number of thiophene rings is 1. The normalized spacial score (nSPS) is 12.8. The van der Waals surface area contributed by atoms with Gasteiger partial charge in [-0.2, -0.15) is 4.98 Å². The van der Waals surface area contributed by atoms with Crippen molar-refractivity contribution in [2.45, 2.75) is 6.61 Å². The number of rotatable bonds is 3. The van der Waals surface area contributed by atoms with Crippen LogP contribution in [0.15, 0.2) is 29.6 Å². The monoisotopic (exact) mass is 320 g/mol. The quantitative estimate of drug-likeness (QED) is 0.689. The van der Waals surface area contributed by atoms with Gasteiger partial charge in [-0.1, -0.05) is 6.07 Å². The van der Waals surface area contributed by atoms with Crippen LogP contribution in [-0.4, -0.2) is 16.8 Å². The highest BCUT2D eigenvalue weighted by atomic mass is 35.5. The molecule has 0 spiro atoms. The summed E-state index contributed by atoms with van der Waals surface area (Å²) in [6, 6.07) is 7.62. The zero-order valence-corrected chi connectivity index (χ0v) is 12.3. The molecule has 3 aromatic rings. The summed E-state index contributed by atoms with van der Waals surface area (Å²) in [5.41, 5.74) is 0.970. The van der Waals surface area contributed by atoms with Gasteiger partial charge in [-0.05, 0) is 40.7 Å². The van der Waals surface area contributed by atoms with E-state index in [0.717, 1.165) is 27.3 Å². The van der Waals surface area contributed by atoms with Crippen molar-refractivity contribution in [3.63, 3.8) is 0 Å². The Morgan fingerprint density at radius 2 is 2.10 bits per heavy atom. The van der Waals surface area contributed by atoms with E-state index in [1.165, 1.54) is 11.3 Å². The molecule has 0 saturated heterocycles. The van der Waals surface area contributed by atoms with E-state index in [1.807, 2.05) is 29.6 Å². The Balaban J connectivity index is 1.59. The maximum absolute atomic E-state index is 5.91. The van der Waals surface area contributed by atoms with E-state index in [-0.39, 0.29) is 12.1 Å². The van der Waals surface area contributed by atoms with Gasteiger partial charge in [0.25, 0.3) is 0 Å². The van der Waals surface area contributed by atoms with E-state index in [4.69, 9.17) is 25.8 Å². The van der Waals surface area contributed by atoms with Gasteiger partial charge in [0.1, 0.15) is 11.4 Å². The number of hydrogen-bond acceptors (Lipinski definition) is 6. The van der Waals surface area contributed by atoms with Crippen molar-refractivity contribution in [2.75, 3.05) is 6.79 Å². The molecular weight excluding hydrogens is 312 g/mol. The van der Waals surface area contributed by atoms with Gasteiger partial charge in [-0.3, -0.25) is 0 Å². The van der Waals surface area contributed by atoms with E-state index in [1.54, 1.807) is 0 Å². The van der Waals surface area contributed by atoms with Crippen LogP contribution in [0.1, 0.15) is 5.56 Å². The van der Waals surface area contributed by atoms with Crippen molar-refractivity contribution in [2.24, 2.45) is 0 Å². The fourth-order valence-electron chi connectivity index (χ4n) is 2.10. The minimum Gasteiger partial charge on any atom is -0.472 e.